The summed E-state index contributed by atoms with van der Waals surface area (Å²) in [5.74, 6) is 0.757. The lowest BCUT2D eigenvalue weighted by molar-refractivity contribution is 0.602. The third kappa shape index (κ3) is 8.39. The molecule has 0 radical (unpaired) electrons. The first-order valence-electron chi connectivity index (χ1n) is 4.05. The Balaban J connectivity index is 3.77. The van der Waals surface area contributed by atoms with Gasteiger partial charge in [0.25, 0.3) is 0 Å². The van der Waals surface area contributed by atoms with Crippen LogP contribution in [-0.4, -0.2) is 49.2 Å². The van der Waals surface area contributed by atoms with Crippen LogP contribution in [0.4, 0.5) is 0 Å². The molecule has 0 aliphatic rings. The first-order valence-corrected chi connectivity index (χ1v) is 7.60. The van der Waals surface area contributed by atoms with E-state index >= 15 is 0 Å². The molecular weight excluding hydrogens is 210 g/mol. The second-order valence-corrected chi connectivity index (χ2v) is 7.01. The smallest absolute Gasteiger partial charge is 0.148 e. The van der Waals surface area contributed by atoms with Crippen molar-refractivity contribution in [2.45, 2.75) is 13.0 Å². The van der Waals surface area contributed by atoms with E-state index in [-0.39, 0.29) is 17.5 Å². The van der Waals surface area contributed by atoms with Crippen molar-refractivity contribution >= 4 is 20.6 Å². The monoisotopic (exact) mass is 227 g/mol. The van der Waals surface area contributed by atoms with Gasteiger partial charge in [0.1, 0.15) is 9.84 Å². The van der Waals surface area contributed by atoms with Crippen LogP contribution in [-0.2, 0) is 20.6 Å². The maximum atomic E-state index is 11.3. The second-order valence-electron chi connectivity index (χ2n) is 3.13. The molecule has 0 aromatic carbocycles. The molecule has 0 saturated carbocycles. The molecule has 80 valence electrons. The predicted octanol–water partition coefficient (Wildman–Crippen LogP) is -0.612. The fourth-order valence-corrected chi connectivity index (χ4v) is 3.54. The molecule has 0 aromatic rings. The van der Waals surface area contributed by atoms with Crippen molar-refractivity contribution < 1.29 is 12.6 Å². The lowest BCUT2D eigenvalue weighted by Crippen LogP contribution is -2.29. The first kappa shape index (κ1) is 13.1. The minimum atomic E-state index is -2.98. The zero-order valence-corrected chi connectivity index (χ0v) is 9.87. The van der Waals surface area contributed by atoms with Crippen molar-refractivity contribution in [1.82, 2.24) is 5.32 Å². The molecule has 0 bridgehead atoms. The number of hydrogen-bond acceptors (Lipinski definition) is 4. The average molecular weight is 227 g/mol. The fourth-order valence-electron chi connectivity index (χ4n) is 0.690. The van der Waals surface area contributed by atoms with Crippen molar-refractivity contribution in [2.75, 3.05) is 30.6 Å². The lowest BCUT2D eigenvalue weighted by Gasteiger charge is -2.08. The maximum Gasteiger partial charge on any atom is 0.148 e. The molecule has 0 amide bonds. The molecular formula is C7H17NO3S2. The number of rotatable bonds is 6. The van der Waals surface area contributed by atoms with E-state index in [1.165, 1.54) is 0 Å². The van der Waals surface area contributed by atoms with E-state index in [9.17, 15) is 12.6 Å². The molecule has 13 heavy (non-hydrogen) atoms. The minimum absolute atomic E-state index is 0.00997. The molecule has 0 heterocycles. The van der Waals surface area contributed by atoms with E-state index in [4.69, 9.17) is 0 Å². The molecule has 0 aliphatic carbocycles. The summed E-state index contributed by atoms with van der Waals surface area (Å²) in [6, 6.07) is 0.167. The molecule has 0 saturated heterocycles. The van der Waals surface area contributed by atoms with Crippen LogP contribution in [0, 0.1) is 0 Å². The Labute approximate surface area is 82.5 Å². The van der Waals surface area contributed by atoms with Gasteiger partial charge in [0.2, 0.25) is 0 Å². The van der Waals surface area contributed by atoms with Gasteiger partial charge >= 0.3 is 0 Å². The maximum absolute atomic E-state index is 11.3. The van der Waals surface area contributed by atoms with E-state index in [0.717, 1.165) is 6.26 Å². The van der Waals surface area contributed by atoms with Gasteiger partial charge in [-0.3, -0.25) is 4.21 Å². The Bertz CT molecular complexity index is 261. The Morgan fingerprint density at radius 1 is 1.46 bits per heavy atom. The Morgan fingerprint density at radius 2 is 2.00 bits per heavy atom. The molecule has 2 unspecified atom stereocenters. The number of nitrogens with one attached hydrogen (secondary N) is 1. The normalized spacial score (nSPS) is 16.8. The summed E-state index contributed by atoms with van der Waals surface area (Å²) >= 11 is 0. The molecule has 0 rings (SSSR count). The molecule has 4 nitrogen and oxygen atoms in total. The predicted molar refractivity (Wildman–Crippen MR) is 56.1 cm³/mol. The van der Waals surface area contributed by atoms with Crippen LogP contribution >= 0.6 is 0 Å². The lowest BCUT2D eigenvalue weighted by atomic mass is 10.4. The molecule has 0 aromatic heterocycles. The minimum Gasteiger partial charge on any atom is -0.316 e. The average Bonchev–Trinajstić information content (AvgIpc) is 1.99. The fraction of sp³-hybridized carbons (Fsp3) is 1.00. The summed E-state index contributed by atoms with van der Waals surface area (Å²) in [6.45, 7) is 1.92. The SMILES string of the molecule is CNC(C)CS(=O)CCS(C)(=O)=O. The van der Waals surface area contributed by atoms with Gasteiger partial charge in [0.15, 0.2) is 0 Å². The summed E-state index contributed by atoms with van der Waals surface area (Å²) in [6.07, 6.45) is 1.16. The van der Waals surface area contributed by atoms with Gasteiger partial charge in [0.05, 0.1) is 5.75 Å². The van der Waals surface area contributed by atoms with E-state index in [2.05, 4.69) is 5.32 Å². The van der Waals surface area contributed by atoms with Crippen molar-refractivity contribution in [2.24, 2.45) is 0 Å². The van der Waals surface area contributed by atoms with Crippen LogP contribution in [0.5, 0.6) is 0 Å². The van der Waals surface area contributed by atoms with E-state index in [1.807, 2.05) is 6.92 Å². The topological polar surface area (TPSA) is 63.2 Å². The molecule has 1 N–H and O–H groups in total. The standard InChI is InChI=1S/C7H17NO3S2/c1-7(8-2)6-12(9)4-5-13(3,10)11/h7-8H,4-6H2,1-3H3. The second kappa shape index (κ2) is 5.72. The Hall–Kier alpha value is 0.0600. The van der Waals surface area contributed by atoms with Crippen LogP contribution < -0.4 is 5.32 Å². The molecule has 0 spiro atoms. The summed E-state index contributed by atoms with van der Waals surface area (Å²) < 4.78 is 32.7. The van der Waals surface area contributed by atoms with Gasteiger partial charge in [-0.15, -0.1) is 0 Å². The highest BCUT2D eigenvalue weighted by molar-refractivity contribution is 7.92. The number of hydrogen-bond donors (Lipinski definition) is 1. The van der Waals surface area contributed by atoms with Crippen LogP contribution in [0.15, 0.2) is 0 Å². The first-order chi connectivity index (χ1) is 5.85. The zero-order valence-electron chi connectivity index (χ0n) is 8.24. The highest BCUT2D eigenvalue weighted by Crippen LogP contribution is 1.91. The molecule has 0 fully saturated rings. The van der Waals surface area contributed by atoms with Crippen LogP contribution in [0.2, 0.25) is 0 Å². The molecule has 2 atom stereocenters. The van der Waals surface area contributed by atoms with Crippen LogP contribution in [0.3, 0.4) is 0 Å². The zero-order chi connectivity index (χ0) is 10.5. The third-order valence-corrected chi connectivity index (χ3v) is 4.35. The summed E-state index contributed by atoms with van der Waals surface area (Å²) in [5.41, 5.74) is 0. The summed E-state index contributed by atoms with van der Waals surface area (Å²) in [7, 11) is -2.22. The van der Waals surface area contributed by atoms with Crippen molar-refractivity contribution in [3.8, 4) is 0 Å². The highest BCUT2D eigenvalue weighted by Gasteiger charge is 2.09. The van der Waals surface area contributed by atoms with Crippen LogP contribution in [0.25, 0.3) is 0 Å². The van der Waals surface area contributed by atoms with Gasteiger partial charge in [-0.05, 0) is 14.0 Å². The largest absolute Gasteiger partial charge is 0.316 e. The van der Waals surface area contributed by atoms with Crippen LogP contribution in [0.1, 0.15) is 6.92 Å². The quantitative estimate of drug-likeness (QED) is 0.657. The molecule has 0 aliphatic heterocycles. The summed E-state index contributed by atoms with van der Waals surface area (Å²) in [5, 5.41) is 2.95. The van der Waals surface area contributed by atoms with Gasteiger partial charge in [0, 0.05) is 34.6 Å². The third-order valence-electron chi connectivity index (χ3n) is 1.61. The van der Waals surface area contributed by atoms with Crippen molar-refractivity contribution in [3.63, 3.8) is 0 Å². The summed E-state index contributed by atoms with van der Waals surface area (Å²) in [4.78, 5) is 0. The van der Waals surface area contributed by atoms with E-state index in [0.29, 0.717) is 5.75 Å². The Morgan fingerprint density at radius 3 is 2.38 bits per heavy atom. The highest BCUT2D eigenvalue weighted by atomic mass is 32.2. The molecule has 6 heteroatoms. The van der Waals surface area contributed by atoms with Gasteiger partial charge in [-0.25, -0.2) is 8.42 Å². The van der Waals surface area contributed by atoms with Gasteiger partial charge in [-0.2, -0.15) is 0 Å². The number of sulfone groups is 1. The van der Waals surface area contributed by atoms with E-state index < -0.39 is 20.6 Å². The van der Waals surface area contributed by atoms with E-state index in [1.54, 1.807) is 7.05 Å². The van der Waals surface area contributed by atoms with Crippen molar-refractivity contribution in [1.29, 1.82) is 0 Å². The van der Waals surface area contributed by atoms with Gasteiger partial charge < -0.3 is 5.32 Å². The van der Waals surface area contributed by atoms with Gasteiger partial charge in [-0.1, -0.05) is 0 Å². The Kier molecular flexibility index (Phi) is 5.75. The van der Waals surface area contributed by atoms with Crippen molar-refractivity contribution in [3.05, 3.63) is 0 Å².